The van der Waals surface area contributed by atoms with E-state index < -0.39 is 22.6 Å². The number of alkyl carbamates (subject to hydrolysis) is 1. The molecule has 0 bridgehead atoms. The number of ether oxygens (including phenoxy) is 3. The lowest BCUT2D eigenvalue weighted by atomic mass is 9.55. The highest BCUT2D eigenvalue weighted by Crippen LogP contribution is 2.51. The number of carbonyl (C=O) groups excluding carboxylic acids is 2. The minimum atomic E-state index is -0.902. The van der Waals surface area contributed by atoms with E-state index in [2.05, 4.69) is 5.32 Å². The molecule has 1 saturated carbocycles. The summed E-state index contributed by atoms with van der Waals surface area (Å²) in [6.07, 6.45) is 0.634. The summed E-state index contributed by atoms with van der Waals surface area (Å²) < 4.78 is 16.4. The van der Waals surface area contributed by atoms with Crippen molar-refractivity contribution in [2.45, 2.75) is 58.1 Å². The second-order valence-corrected chi connectivity index (χ2v) is 10.9. The molecule has 0 radical (unpaired) electrons. The van der Waals surface area contributed by atoms with Gasteiger partial charge in [-0.2, -0.15) is 0 Å². The fraction of sp³-hybridized carbons (Fsp3) is 0.500. The minimum absolute atomic E-state index is 0.109. The molecule has 1 aliphatic carbocycles. The number of hydrogen-bond acceptors (Lipinski definition) is 6. The zero-order valence-electron chi connectivity index (χ0n) is 21.4. The molecule has 0 aromatic heterocycles. The zero-order chi connectivity index (χ0) is 26.4. The smallest absolute Gasteiger partial charge is 0.408 e. The lowest BCUT2D eigenvalue weighted by molar-refractivity contribution is -0.175. The van der Waals surface area contributed by atoms with Crippen LogP contribution in [0.1, 0.15) is 46.1 Å². The standard InChI is InChI=1S/C28H36ClNO6/c1-5-35-24(32)27(19-34-14-13-31)17-28(18-27,30-25(33)36-26(2,3)4)16-20-9-11-21(12-10-20)22-7-6-8-23(29)15-22/h6-12,15,31H,5,13-14,16-19H2,1-4H3,(H,30,33). The van der Waals surface area contributed by atoms with Gasteiger partial charge in [-0.25, -0.2) is 4.79 Å². The Morgan fingerprint density at radius 1 is 1.08 bits per heavy atom. The molecule has 8 heteroatoms. The molecule has 7 nitrogen and oxygen atoms in total. The van der Waals surface area contributed by atoms with Crippen molar-refractivity contribution in [3.63, 3.8) is 0 Å². The maximum absolute atomic E-state index is 12.9. The van der Waals surface area contributed by atoms with Gasteiger partial charge in [-0.15, -0.1) is 0 Å². The van der Waals surface area contributed by atoms with Crippen molar-refractivity contribution in [2.75, 3.05) is 26.4 Å². The van der Waals surface area contributed by atoms with E-state index in [-0.39, 0.29) is 32.4 Å². The first-order valence-corrected chi connectivity index (χ1v) is 12.6. The fourth-order valence-corrected chi connectivity index (χ4v) is 5.01. The fourth-order valence-electron chi connectivity index (χ4n) is 4.82. The van der Waals surface area contributed by atoms with E-state index in [9.17, 15) is 9.59 Å². The lowest BCUT2D eigenvalue weighted by Gasteiger charge is -2.54. The average molecular weight is 518 g/mol. The molecule has 2 aromatic rings. The van der Waals surface area contributed by atoms with E-state index >= 15 is 0 Å². The molecule has 0 atom stereocenters. The third-order valence-electron chi connectivity index (χ3n) is 6.10. The van der Waals surface area contributed by atoms with Crippen molar-refractivity contribution >= 4 is 23.7 Å². The minimum Gasteiger partial charge on any atom is -0.465 e. The number of halogens is 1. The van der Waals surface area contributed by atoms with E-state index in [0.717, 1.165) is 16.7 Å². The van der Waals surface area contributed by atoms with Gasteiger partial charge in [0.25, 0.3) is 0 Å². The second-order valence-electron chi connectivity index (χ2n) is 10.4. The van der Waals surface area contributed by atoms with Gasteiger partial charge in [-0.05, 0) is 75.8 Å². The van der Waals surface area contributed by atoms with Gasteiger partial charge in [0.1, 0.15) is 5.60 Å². The van der Waals surface area contributed by atoms with Gasteiger partial charge in [0.05, 0.1) is 31.8 Å². The summed E-state index contributed by atoms with van der Waals surface area (Å²) in [6.45, 7) is 7.51. The summed E-state index contributed by atoms with van der Waals surface area (Å²) in [5.74, 6) is -0.360. The van der Waals surface area contributed by atoms with E-state index in [1.165, 1.54) is 0 Å². The van der Waals surface area contributed by atoms with Crippen LogP contribution in [0.2, 0.25) is 5.02 Å². The van der Waals surface area contributed by atoms with E-state index in [0.29, 0.717) is 24.3 Å². The normalized spacial score (nSPS) is 21.4. The number of carbonyl (C=O) groups is 2. The molecular weight excluding hydrogens is 482 g/mol. The first-order chi connectivity index (χ1) is 17.0. The number of aliphatic hydroxyl groups is 1. The van der Waals surface area contributed by atoms with Crippen LogP contribution in [0.3, 0.4) is 0 Å². The molecule has 1 fully saturated rings. The SMILES string of the molecule is CCOC(=O)C1(COCCO)CC(Cc2ccc(-c3cccc(Cl)c3)cc2)(NC(=O)OC(C)(C)C)C1. The Balaban J connectivity index is 1.83. The van der Waals surface area contributed by atoms with Gasteiger partial charge in [0, 0.05) is 10.6 Å². The molecule has 1 amide bonds. The molecule has 36 heavy (non-hydrogen) atoms. The summed E-state index contributed by atoms with van der Waals surface area (Å²) in [5.41, 5.74) is 0.779. The van der Waals surface area contributed by atoms with Crippen LogP contribution in [0.15, 0.2) is 48.5 Å². The summed E-state index contributed by atoms with van der Waals surface area (Å²) in [7, 11) is 0. The van der Waals surface area contributed by atoms with Crippen LogP contribution >= 0.6 is 11.6 Å². The first kappa shape index (κ1) is 28.0. The molecule has 0 saturated heterocycles. The van der Waals surface area contributed by atoms with Gasteiger partial charge in [-0.1, -0.05) is 48.0 Å². The highest BCUT2D eigenvalue weighted by molar-refractivity contribution is 6.30. The molecule has 1 aliphatic rings. The van der Waals surface area contributed by atoms with Crippen molar-refractivity contribution in [1.82, 2.24) is 5.32 Å². The van der Waals surface area contributed by atoms with Gasteiger partial charge < -0.3 is 24.6 Å². The summed E-state index contributed by atoms with van der Waals surface area (Å²) >= 11 is 6.14. The third-order valence-corrected chi connectivity index (χ3v) is 6.33. The molecule has 0 unspecified atom stereocenters. The Hall–Kier alpha value is -2.61. The first-order valence-electron chi connectivity index (χ1n) is 12.2. The predicted molar refractivity (Wildman–Crippen MR) is 139 cm³/mol. The predicted octanol–water partition coefficient (Wildman–Crippen LogP) is 5.17. The molecule has 0 heterocycles. The maximum Gasteiger partial charge on any atom is 0.408 e. The summed E-state index contributed by atoms with van der Waals surface area (Å²) in [5, 5.41) is 12.8. The van der Waals surface area contributed by atoms with E-state index in [1.807, 2.05) is 48.5 Å². The van der Waals surface area contributed by atoms with Crippen LogP contribution in [-0.2, 0) is 25.4 Å². The Labute approximate surface area is 218 Å². The number of aliphatic hydroxyl groups excluding tert-OH is 1. The molecule has 2 aromatic carbocycles. The maximum atomic E-state index is 12.9. The Morgan fingerprint density at radius 2 is 1.78 bits per heavy atom. The quantitative estimate of drug-likeness (QED) is 0.334. The van der Waals surface area contributed by atoms with Crippen LogP contribution in [0.25, 0.3) is 11.1 Å². The van der Waals surface area contributed by atoms with E-state index in [1.54, 1.807) is 27.7 Å². The largest absolute Gasteiger partial charge is 0.465 e. The van der Waals surface area contributed by atoms with Crippen molar-refractivity contribution in [1.29, 1.82) is 0 Å². The lowest BCUT2D eigenvalue weighted by Crippen LogP contribution is -2.67. The molecular formula is C28H36ClNO6. The van der Waals surface area contributed by atoms with Crippen LogP contribution in [0, 0.1) is 5.41 Å². The van der Waals surface area contributed by atoms with Crippen molar-refractivity contribution < 1.29 is 28.9 Å². The topological polar surface area (TPSA) is 94.1 Å². The number of nitrogens with one attached hydrogen (secondary N) is 1. The van der Waals surface area contributed by atoms with Gasteiger partial charge in [-0.3, -0.25) is 4.79 Å². The second kappa shape index (κ2) is 11.6. The van der Waals surface area contributed by atoms with Crippen LogP contribution in [0.4, 0.5) is 4.79 Å². The Kier molecular flexibility index (Phi) is 9.03. The van der Waals surface area contributed by atoms with E-state index in [4.69, 9.17) is 30.9 Å². The number of esters is 1. The summed E-state index contributed by atoms with van der Waals surface area (Å²) in [4.78, 5) is 25.7. The van der Waals surface area contributed by atoms with Crippen LogP contribution < -0.4 is 5.32 Å². The van der Waals surface area contributed by atoms with Gasteiger partial charge in [0.15, 0.2) is 0 Å². The highest BCUT2D eigenvalue weighted by atomic mass is 35.5. The average Bonchev–Trinajstić information content (AvgIpc) is 2.77. The van der Waals surface area contributed by atoms with Crippen molar-refractivity contribution in [3.8, 4) is 11.1 Å². The molecule has 0 spiro atoms. The van der Waals surface area contributed by atoms with Crippen molar-refractivity contribution in [2.24, 2.45) is 5.41 Å². The monoisotopic (exact) mass is 517 g/mol. The number of rotatable bonds is 10. The third kappa shape index (κ3) is 7.21. The molecule has 2 N–H and O–H groups in total. The number of hydrogen-bond donors (Lipinski definition) is 2. The van der Waals surface area contributed by atoms with Gasteiger partial charge >= 0.3 is 12.1 Å². The zero-order valence-corrected chi connectivity index (χ0v) is 22.2. The van der Waals surface area contributed by atoms with Gasteiger partial charge in [0.2, 0.25) is 0 Å². The van der Waals surface area contributed by atoms with Crippen molar-refractivity contribution in [3.05, 3.63) is 59.1 Å². The highest BCUT2D eigenvalue weighted by Gasteiger charge is 2.60. The Morgan fingerprint density at radius 3 is 2.36 bits per heavy atom. The van der Waals surface area contributed by atoms with Crippen LogP contribution in [0.5, 0.6) is 0 Å². The molecule has 196 valence electrons. The molecule has 3 rings (SSSR count). The Bertz CT molecular complexity index is 1040. The van der Waals surface area contributed by atoms with Crippen LogP contribution in [-0.4, -0.2) is 54.7 Å². The summed E-state index contributed by atoms with van der Waals surface area (Å²) in [6, 6.07) is 15.7. The molecule has 0 aliphatic heterocycles. The number of amides is 1. The number of benzene rings is 2.